The maximum Gasteiger partial charge on any atom is 0.317 e. The normalized spacial score (nSPS) is 15.5. The summed E-state index contributed by atoms with van der Waals surface area (Å²) in [5, 5.41) is 13.8. The zero-order valence-corrected chi connectivity index (χ0v) is 14.9. The molecule has 1 aromatic heterocycles. The van der Waals surface area contributed by atoms with E-state index in [2.05, 4.69) is 11.5 Å². The van der Waals surface area contributed by atoms with Gasteiger partial charge in [-0.25, -0.2) is 4.79 Å². The highest BCUT2D eigenvalue weighted by molar-refractivity contribution is 6.31. The Bertz CT molecular complexity index is 794. The number of hydrogen-bond donors (Lipinski definition) is 2. The summed E-state index contributed by atoms with van der Waals surface area (Å²) in [6, 6.07) is 5.70. The van der Waals surface area contributed by atoms with Crippen LogP contribution in [0.4, 0.5) is 4.79 Å². The van der Waals surface area contributed by atoms with Crippen molar-refractivity contribution in [2.24, 2.45) is 13.0 Å². The van der Waals surface area contributed by atoms with Crippen molar-refractivity contribution >= 4 is 34.5 Å². The molecule has 25 heavy (non-hydrogen) atoms. The maximum absolute atomic E-state index is 12.2. The Labute approximate surface area is 151 Å². The van der Waals surface area contributed by atoms with Gasteiger partial charge in [0.15, 0.2) is 0 Å². The fourth-order valence-electron chi connectivity index (χ4n) is 3.39. The zero-order valence-electron chi connectivity index (χ0n) is 14.2. The minimum Gasteiger partial charge on any atom is -0.481 e. The predicted octanol–water partition coefficient (Wildman–Crippen LogP) is 2.88. The first kappa shape index (κ1) is 17.6. The number of rotatable bonds is 4. The average molecular weight is 364 g/mol. The van der Waals surface area contributed by atoms with Crippen molar-refractivity contribution in [3.8, 4) is 0 Å². The number of carbonyl (C=O) groups is 2. The van der Waals surface area contributed by atoms with Crippen molar-refractivity contribution in [3.05, 3.63) is 35.0 Å². The number of piperidine rings is 1. The largest absolute Gasteiger partial charge is 0.481 e. The van der Waals surface area contributed by atoms with Gasteiger partial charge in [-0.2, -0.15) is 0 Å². The van der Waals surface area contributed by atoms with Crippen LogP contribution in [0.15, 0.2) is 24.4 Å². The van der Waals surface area contributed by atoms with Crippen LogP contribution in [-0.2, 0) is 18.3 Å². The third-order valence-corrected chi connectivity index (χ3v) is 5.07. The number of carbonyl (C=O) groups excluding carboxylic acids is 1. The van der Waals surface area contributed by atoms with Crippen LogP contribution in [0.5, 0.6) is 0 Å². The molecule has 134 valence electrons. The third-order valence-electron chi connectivity index (χ3n) is 4.84. The van der Waals surface area contributed by atoms with Gasteiger partial charge < -0.3 is 19.9 Å². The molecule has 0 saturated carbocycles. The lowest BCUT2D eigenvalue weighted by Gasteiger charge is -2.30. The molecule has 0 atom stereocenters. The molecule has 2 amide bonds. The highest BCUT2D eigenvalue weighted by atomic mass is 35.5. The van der Waals surface area contributed by atoms with E-state index in [1.165, 1.54) is 5.56 Å². The second-order valence-corrected chi connectivity index (χ2v) is 6.94. The number of fused-ring (bicyclic) bond motifs is 1. The fraction of sp³-hybridized carbons (Fsp3) is 0.444. The summed E-state index contributed by atoms with van der Waals surface area (Å²) in [4.78, 5) is 24.9. The van der Waals surface area contributed by atoms with Gasteiger partial charge in [0.1, 0.15) is 0 Å². The fourth-order valence-corrected chi connectivity index (χ4v) is 3.55. The minimum atomic E-state index is -0.767. The molecule has 3 rings (SSSR count). The van der Waals surface area contributed by atoms with E-state index in [4.69, 9.17) is 16.7 Å². The van der Waals surface area contributed by atoms with E-state index in [9.17, 15) is 9.59 Å². The van der Waals surface area contributed by atoms with Gasteiger partial charge in [0.05, 0.1) is 5.92 Å². The monoisotopic (exact) mass is 363 g/mol. The van der Waals surface area contributed by atoms with Crippen LogP contribution in [0.25, 0.3) is 10.9 Å². The van der Waals surface area contributed by atoms with E-state index >= 15 is 0 Å². The van der Waals surface area contributed by atoms with Gasteiger partial charge >= 0.3 is 12.0 Å². The Hall–Kier alpha value is -2.21. The molecule has 7 heteroatoms. The van der Waals surface area contributed by atoms with Crippen LogP contribution in [0, 0.1) is 5.92 Å². The highest BCUT2D eigenvalue weighted by Crippen LogP contribution is 2.24. The Balaban J connectivity index is 1.53. The van der Waals surface area contributed by atoms with Crippen molar-refractivity contribution in [1.29, 1.82) is 0 Å². The minimum absolute atomic E-state index is 0.118. The van der Waals surface area contributed by atoms with Crippen LogP contribution in [0.3, 0.4) is 0 Å². The Morgan fingerprint density at radius 3 is 2.72 bits per heavy atom. The van der Waals surface area contributed by atoms with Gasteiger partial charge in [0.2, 0.25) is 0 Å². The zero-order chi connectivity index (χ0) is 18.0. The average Bonchev–Trinajstić information content (AvgIpc) is 2.90. The number of aryl methyl sites for hydroxylation is 1. The van der Waals surface area contributed by atoms with Crippen molar-refractivity contribution in [3.63, 3.8) is 0 Å². The van der Waals surface area contributed by atoms with Crippen LogP contribution in [0.1, 0.15) is 18.4 Å². The molecule has 6 nitrogen and oxygen atoms in total. The second-order valence-electron chi connectivity index (χ2n) is 6.51. The molecule has 1 aliphatic rings. The number of nitrogens with one attached hydrogen (secondary N) is 1. The smallest absolute Gasteiger partial charge is 0.317 e. The molecule has 2 N–H and O–H groups in total. The Kier molecular flexibility index (Phi) is 5.18. The SMILES string of the molecule is Cn1cc(CCNC(=O)N2CCC(C(=O)O)CC2)c2ccc(Cl)cc21. The lowest BCUT2D eigenvalue weighted by molar-refractivity contribution is -0.143. The predicted molar refractivity (Wildman–Crippen MR) is 97.0 cm³/mol. The first-order valence-electron chi connectivity index (χ1n) is 8.44. The Morgan fingerprint density at radius 1 is 1.32 bits per heavy atom. The Morgan fingerprint density at radius 2 is 2.04 bits per heavy atom. The number of carboxylic acid groups (broad SMARTS) is 1. The molecule has 0 radical (unpaired) electrons. The van der Waals surface area contributed by atoms with Crippen LogP contribution in [-0.4, -0.2) is 46.2 Å². The van der Waals surface area contributed by atoms with E-state index < -0.39 is 5.97 Å². The van der Waals surface area contributed by atoms with E-state index in [1.807, 2.05) is 29.8 Å². The summed E-state index contributed by atoms with van der Waals surface area (Å²) in [6.07, 6.45) is 3.83. The van der Waals surface area contributed by atoms with E-state index in [0.717, 1.165) is 17.3 Å². The first-order chi connectivity index (χ1) is 12.0. The summed E-state index contributed by atoms with van der Waals surface area (Å²) >= 11 is 6.05. The van der Waals surface area contributed by atoms with Crippen molar-refractivity contribution in [2.45, 2.75) is 19.3 Å². The molecule has 0 spiro atoms. The lowest BCUT2D eigenvalue weighted by Crippen LogP contribution is -2.45. The molecule has 1 aromatic carbocycles. The number of likely N-dealkylation sites (tertiary alicyclic amines) is 1. The molecule has 1 aliphatic heterocycles. The number of nitrogens with zero attached hydrogens (tertiary/aromatic N) is 2. The number of urea groups is 1. The number of amides is 2. The highest BCUT2D eigenvalue weighted by Gasteiger charge is 2.26. The van der Waals surface area contributed by atoms with Crippen LogP contribution < -0.4 is 5.32 Å². The topological polar surface area (TPSA) is 74.6 Å². The van der Waals surface area contributed by atoms with E-state index in [0.29, 0.717) is 37.5 Å². The van der Waals surface area contributed by atoms with Gasteiger partial charge in [-0.3, -0.25) is 4.79 Å². The van der Waals surface area contributed by atoms with Gasteiger partial charge in [-0.1, -0.05) is 17.7 Å². The third kappa shape index (κ3) is 3.90. The van der Waals surface area contributed by atoms with Crippen molar-refractivity contribution in [2.75, 3.05) is 19.6 Å². The van der Waals surface area contributed by atoms with Gasteiger partial charge in [-0.05, 0) is 37.0 Å². The molecular weight excluding hydrogens is 342 g/mol. The van der Waals surface area contributed by atoms with E-state index in [-0.39, 0.29) is 11.9 Å². The van der Waals surface area contributed by atoms with Gasteiger partial charge in [0.25, 0.3) is 0 Å². The van der Waals surface area contributed by atoms with Gasteiger partial charge in [0, 0.05) is 48.8 Å². The number of carboxylic acids is 1. The standard InChI is InChI=1S/C18H22ClN3O3/c1-21-11-13(15-3-2-14(19)10-16(15)21)4-7-20-18(25)22-8-5-12(6-9-22)17(23)24/h2-3,10-12H,4-9H2,1H3,(H,20,25)(H,23,24). The van der Waals surface area contributed by atoms with E-state index in [1.54, 1.807) is 4.90 Å². The molecule has 0 unspecified atom stereocenters. The van der Waals surface area contributed by atoms with Crippen LogP contribution >= 0.6 is 11.6 Å². The molecular formula is C18H22ClN3O3. The van der Waals surface area contributed by atoms with Gasteiger partial charge in [-0.15, -0.1) is 0 Å². The molecule has 2 heterocycles. The molecule has 1 saturated heterocycles. The van der Waals surface area contributed by atoms with Crippen LogP contribution in [0.2, 0.25) is 5.02 Å². The summed E-state index contributed by atoms with van der Waals surface area (Å²) in [7, 11) is 1.98. The number of hydrogen-bond acceptors (Lipinski definition) is 2. The first-order valence-corrected chi connectivity index (χ1v) is 8.82. The number of aromatic nitrogens is 1. The number of aliphatic carboxylic acids is 1. The molecule has 1 fully saturated rings. The maximum atomic E-state index is 12.2. The van der Waals surface area contributed by atoms with Crippen molar-refractivity contribution < 1.29 is 14.7 Å². The molecule has 0 aliphatic carbocycles. The summed E-state index contributed by atoms with van der Waals surface area (Å²) in [5.74, 6) is -1.09. The lowest BCUT2D eigenvalue weighted by atomic mass is 9.97. The summed E-state index contributed by atoms with van der Waals surface area (Å²) in [5.41, 5.74) is 2.24. The quantitative estimate of drug-likeness (QED) is 0.877. The molecule has 0 bridgehead atoms. The number of benzene rings is 1. The summed E-state index contributed by atoms with van der Waals surface area (Å²) in [6.45, 7) is 1.53. The molecule has 2 aromatic rings. The van der Waals surface area contributed by atoms with Crippen molar-refractivity contribution in [1.82, 2.24) is 14.8 Å². The number of halogens is 1. The second kappa shape index (κ2) is 7.35. The summed E-state index contributed by atoms with van der Waals surface area (Å²) < 4.78 is 2.04.